The fourth-order valence-electron chi connectivity index (χ4n) is 2.66. The van der Waals surface area contributed by atoms with Crippen LogP contribution in [-0.4, -0.2) is 45.1 Å². The fraction of sp³-hybridized carbons (Fsp3) is 0.500. The highest BCUT2D eigenvalue weighted by Gasteiger charge is 2.34. The Morgan fingerprint density at radius 3 is 2.71 bits per heavy atom. The molecule has 1 fully saturated rings. The molecule has 0 aliphatic carbocycles. The van der Waals surface area contributed by atoms with Crippen LogP contribution in [0.3, 0.4) is 0 Å². The summed E-state index contributed by atoms with van der Waals surface area (Å²) >= 11 is 0. The Bertz CT molecular complexity index is 555. The van der Waals surface area contributed by atoms with E-state index in [9.17, 15) is 19.4 Å². The normalized spacial score (nSPS) is 19.0. The van der Waals surface area contributed by atoms with Gasteiger partial charge >= 0.3 is 6.09 Å². The largest absolute Gasteiger partial charge is 0.445 e. The van der Waals surface area contributed by atoms with Gasteiger partial charge < -0.3 is 24.7 Å². The van der Waals surface area contributed by atoms with Gasteiger partial charge in [0.1, 0.15) is 18.4 Å². The van der Waals surface area contributed by atoms with Crippen LogP contribution in [-0.2, 0) is 16.1 Å². The van der Waals surface area contributed by atoms with Crippen molar-refractivity contribution in [3.05, 3.63) is 35.9 Å². The van der Waals surface area contributed by atoms with E-state index >= 15 is 0 Å². The topological polar surface area (TPSA) is 99.1 Å². The number of likely N-dealkylation sites (tertiary alicyclic amines) is 1. The van der Waals surface area contributed by atoms with Gasteiger partial charge in [-0.2, -0.15) is 0 Å². The third-order valence-electron chi connectivity index (χ3n) is 3.94. The van der Waals surface area contributed by atoms with Crippen LogP contribution >= 0.6 is 8.38 Å². The Morgan fingerprint density at radius 1 is 1.33 bits per heavy atom. The number of ether oxygens (including phenoxy) is 1. The number of carbonyl (C=O) groups excluding carboxylic acids is 2. The third kappa shape index (κ3) is 5.16. The van der Waals surface area contributed by atoms with Gasteiger partial charge in [0.25, 0.3) is 0 Å². The first-order valence-corrected chi connectivity index (χ1v) is 9.25. The Hall–Kier alpha value is -1.69. The highest BCUT2D eigenvalue weighted by Crippen LogP contribution is 2.39. The predicted octanol–water partition coefficient (Wildman–Crippen LogP) is 1.94. The number of rotatable bonds is 5. The van der Waals surface area contributed by atoms with Gasteiger partial charge in [0.15, 0.2) is 8.38 Å². The smallest absolute Gasteiger partial charge is 0.408 e. The minimum absolute atomic E-state index is 0.124. The summed E-state index contributed by atoms with van der Waals surface area (Å²) in [5, 5.41) is 2.50. The van der Waals surface area contributed by atoms with E-state index in [4.69, 9.17) is 4.74 Å². The molecule has 0 bridgehead atoms. The summed E-state index contributed by atoms with van der Waals surface area (Å²) < 4.78 is 5.10. The monoisotopic (exact) mass is 354 g/mol. The molecule has 132 valence electrons. The molecule has 1 aliphatic heterocycles. The van der Waals surface area contributed by atoms with Crippen molar-refractivity contribution in [3.63, 3.8) is 0 Å². The van der Waals surface area contributed by atoms with E-state index in [1.807, 2.05) is 30.3 Å². The van der Waals surface area contributed by atoms with Crippen molar-refractivity contribution in [1.29, 1.82) is 0 Å². The molecule has 3 N–H and O–H groups in total. The number of alkyl carbamates (subject to hydrolysis) is 1. The van der Waals surface area contributed by atoms with Crippen LogP contribution < -0.4 is 5.32 Å². The summed E-state index contributed by atoms with van der Waals surface area (Å²) in [7, 11) is -2.21. The van der Waals surface area contributed by atoms with Gasteiger partial charge in [-0.1, -0.05) is 30.3 Å². The van der Waals surface area contributed by atoms with Crippen LogP contribution in [0.5, 0.6) is 0 Å². The Kier molecular flexibility index (Phi) is 6.97. The molecule has 2 rings (SSSR count). The van der Waals surface area contributed by atoms with Crippen LogP contribution in [0.2, 0.25) is 0 Å². The van der Waals surface area contributed by atoms with E-state index in [1.165, 1.54) is 4.90 Å². The maximum absolute atomic E-state index is 12.5. The number of carbonyl (C=O) groups is 2. The molecule has 8 heteroatoms. The zero-order chi connectivity index (χ0) is 17.5. The van der Waals surface area contributed by atoms with Crippen molar-refractivity contribution in [2.45, 2.75) is 44.6 Å². The average Bonchev–Trinajstić information content (AvgIpc) is 2.60. The molecule has 1 heterocycles. The van der Waals surface area contributed by atoms with E-state index in [0.717, 1.165) is 18.4 Å². The molecule has 0 saturated carbocycles. The molecular formula is C16H23N2O5P. The maximum atomic E-state index is 12.5. The van der Waals surface area contributed by atoms with Crippen molar-refractivity contribution in [2.24, 2.45) is 0 Å². The fourth-order valence-corrected chi connectivity index (χ4v) is 3.56. The lowest BCUT2D eigenvalue weighted by molar-refractivity contribution is -0.135. The first-order valence-electron chi connectivity index (χ1n) is 7.93. The van der Waals surface area contributed by atoms with Crippen molar-refractivity contribution >= 4 is 20.4 Å². The molecule has 0 spiro atoms. The molecule has 1 aromatic carbocycles. The van der Waals surface area contributed by atoms with Crippen LogP contribution in [0.25, 0.3) is 0 Å². The number of piperidine rings is 1. The number of nitrogens with zero attached hydrogens (tertiary/aromatic N) is 1. The average molecular weight is 354 g/mol. The van der Waals surface area contributed by atoms with Gasteiger partial charge in [-0.15, -0.1) is 0 Å². The van der Waals surface area contributed by atoms with E-state index < -0.39 is 26.3 Å². The van der Waals surface area contributed by atoms with Gasteiger partial charge in [0, 0.05) is 6.54 Å². The van der Waals surface area contributed by atoms with E-state index in [2.05, 4.69) is 5.32 Å². The summed E-state index contributed by atoms with van der Waals surface area (Å²) in [5.41, 5.74) is 0.855. The van der Waals surface area contributed by atoms with Crippen molar-refractivity contribution in [2.75, 3.05) is 6.54 Å². The molecule has 1 aliphatic rings. The van der Waals surface area contributed by atoms with Crippen molar-refractivity contribution < 1.29 is 24.1 Å². The highest BCUT2D eigenvalue weighted by molar-refractivity contribution is 7.45. The summed E-state index contributed by atoms with van der Waals surface area (Å²) in [6.07, 6.45) is 1.56. The second-order valence-corrected chi connectivity index (χ2v) is 6.99. The second-order valence-electron chi connectivity index (χ2n) is 5.76. The SMILES string of the molecule is C[C@H](NC(=O)OCc1ccccc1)C(=O)N1CCCCC1P(O)O. The first-order chi connectivity index (χ1) is 11.5. The number of benzene rings is 1. The minimum Gasteiger partial charge on any atom is -0.445 e. The number of nitrogens with one attached hydrogen (secondary N) is 1. The zero-order valence-corrected chi connectivity index (χ0v) is 14.5. The lowest BCUT2D eigenvalue weighted by atomic mass is 10.1. The molecule has 24 heavy (non-hydrogen) atoms. The van der Waals surface area contributed by atoms with E-state index in [1.54, 1.807) is 6.92 Å². The maximum Gasteiger partial charge on any atom is 0.408 e. The Labute approximate surface area is 142 Å². The first kappa shape index (κ1) is 18.6. The molecule has 2 amide bonds. The van der Waals surface area contributed by atoms with Crippen LogP contribution in [0.4, 0.5) is 4.79 Å². The predicted molar refractivity (Wildman–Crippen MR) is 89.9 cm³/mol. The van der Waals surface area contributed by atoms with Gasteiger partial charge in [0.2, 0.25) is 5.91 Å². The van der Waals surface area contributed by atoms with E-state index in [0.29, 0.717) is 13.0 Å². The van der Waals surface area contributed by atoms with Crippen molar-refractivity contribution in [3.8, 4) is 0 Å². The summed E-state index contributed by atoms with van der Waals surface area (Å²) in [4.78, 5) is 44.7. The summed E-state index contributed by atoms with van der Waals surface area (Å²) in [5.74, 6) is -0.891. The summed E-state index contributed by atoms with van der Waals surface area (Å²) in [6.45, 7) is 2.15. The van der Waals surface area contributed by atoms with E-state index in [-0.39, 0.29) is 12.5 Å². The molecule has 2 atom stereocenters. The van der Waals surface area contributed by atoms with Gasteiger partial charge in [-0.25, -0.2) is 4.79 Å². The van der Waals surface area contributed by atoms with Crippen molar-refractivity contribution in [1.82, 2.24) is 10.2 Å². The molecule has 0 radical (unpaired) electrons. The minimum atomic E-state index is -2.21. The highest BCUT2D eigenvalue weighted by atomic mass is 31.2. The number of hydrogen-bond acceptors (Lipinski definition) is 5. The molecule has 1 saturated heterocycles. The molecular weight excluding hydrogens is 331 g/mol. The molecule has 7 nitrogen and oxygen atoms in total. The third-order valence-corrected chi connectivity index (χ3v) is 5.01. The summed E-state index contributed by atoms with van der Waals surface area (Å²) in [6, 6.07) is 8.46. The van der Waals surface area contributed by atoms with Crippen LogP contribution in [0.1, 0.15) is 31.7 Å². The quantitative estimate of drug-likeness (QED) is 0.702. The van der Waals surface area contributed by atoms with Crippen LogP contribution in [0.15, 0.2) is 30.3 Å². The molecule has 0 aromatic heterocycles. The van der Waals surface area contributed by atoms with Gasteiger partial charge in [0.05, 0.1) is 0 Å². The van der Waals surface area contributed by atoms with Gasteiger partial charge in [-0.05, 0) is 31.7 Å². The van der Waals surface area contributed by atoms with Crippen LogP contribution in [0, 0.1) is 0 Å². The Balaban J connectivity index is 1.84. The number of amides is 2. The lowest BCUT2D eigenvalue weighted by Crippen LogP contribution is -2.51. The number of hydrogen-bond donors (Lipinski definition) is 3. The Morgan fingerprint density at radius 2 is 2.04 bits per heavy atom. The van der Waals surface area contributed by atoms with Gasteiger partial charge in [-0.3, -0.25) is 4.79 Å². The standard InChI is InChI=1S/C16H23N2O5P/c1-12(15(19)18-10-6-5-9-14(18)24(21)22)17-16(20)23-11-13-7-3-2-4-8-13/h2-4,7-8,12,14,21-22H,5-6,9-11H2,1H3,(H,17,20)/t12-,14?/m0/s1. The zero-order valence-electron chi connectivity index (χ0n) is 13.6. The molecule has 1 aromatic rings. The second kappa shape index (κ2) is 8.97. The lowest BCUT2D eigenvalue weighted by Gasteiger charge is -2.37. The molecule has 1 unspecified atom stereocenters.